The van der Waals surface area contributed by atoms with Gasteiger partial charge in [-0.25, -0.2) is 0 Å². The normalized spacial score (nSPS) is 10.2. The van der Waals surface area contributed by atoms with E-state index in [2.05, 4.69) is 12.2 Å². The van der Waals surface area contributed by atoms with Crippen molar-refractivity contribution in [3.8, 4) is 0 Å². The quantitative estimate of drug-likeness (QED) is 0.809. The van der Waals surface area contributed by atoms with Gasteiger partial charge in [-0.3, -0.25) is 4.79 Å². The summed E-state index contributed by atoms with van der Waals surface area (Å²) in [4.78, 5) is 12.1. The second-order valence-corrected chi connectivity index (χ2v) is 4.88. The number of nitrogens with two attached hydrogens (primary N) is 1. The average molecular weight is 268 g/mol. The van der Waals surface area contributed by atoms with Gasteiger partial charge in [0.25, 0.3) is 5.91 Å². The van der Waals surface area contributed by atoms with Gasteiger partial charge in [0.1, 0.15) is 0 Å². The summed E-state index contributed by atoms with van der Waals surface area (Å²) in [5.74, 6) is -0.100. The van der Waals surface area contributed by atoms with Crippen LogP contribution < -0.4 is 11.1 Å². The number of hydrogen-bond donors (Lipinski definition) is 2. The molecule has 3 nitrogen and oxygen atoms in total. The van der Waals surface area contributed by atoms with Crippen LogP contribution in [0.25, 0.3) is 0 Å². The maximum Gasteiger partial charge on any atom is 0.255 e. The summed E-state index contributed by atoms with van der Waals surface area (Å²) < 4.78 is 0. The molecule has 0 atom stereocenters. The first-order valence-electron chi connectivity index (χ1n) is 6.95. The van der Waals surface area contributed by atoms with Crippen molar-refractivity contribution >= 4 is 17.3 Å². The Morgan fingerprint density at radius 2 is 1.70 bits per heavy atom. The Morgan fingerprint density at radius 1 is 1.05 bits per heavy atom. The number of anilines is 2. The molecule has 2 aromatic carbocycles. The van der Waals surface area contributed by atoms with E-state index in [9.17, 15) is 4.79 Å². The van der Waals surface area contributed by atoms with E-state index in [1.807, 2.05) is 24.3 Å². The number of carbonyl (C=O) groups excluding carboxylic acids is 1. The first kappa shape index (κ1) is 14.1. The maximum absolute atomic E-state index is 12.1. The first-order valence-corrected chi connectivity index (χ1v) is 6.95. The molecule has 20 heavy (non-hydrogen) atoms. The second-order valence-electron chi connectivity index (χ2n) is 4.88. The number of rotatable bonds is 5. The van der Waals surface area contributed by atoms with E-state index in [1.165, 1.54) is 18.4 Å². The second kappa shape index (κ2) is 6.75. The van der Waals surface area contributed by atoms with Gasteiger partial charge in [0.2, 0.25) is 0 Å². The lowest BCUT2D eigenvalue weighted by Gasteiger charge is -2.06. The zero-order chi connectivity index (χ0) is 14.4. The van der Waals surface area contributed by atoms with Gasteiger partial charge in [-0.15, -0.1) is 0 Å². The Morgan fingerprint density at radius 3 is 2.30 bits per heavy atom. The van der Waals surface area contributed by atoms with Crippen molar-refractivity contribution in [3.05, 3.63) is 59.7 Å². The van der Waals surface area contributed by atoms with Crippen molar-refractivity contribution < 1.29 is 4.79 Å². The van der Waals surface area contributed by atoms with E-state index in [0.29, 0.717) is 11.3 Å². The van der Waals surface area contributed by atoms with Crippen LogP contribution in [0.5, 0.6) is 0 Å². The van der Waals surface area contributed by atoms with Crippen molar-refractivity contribution in [3.63, 3.8) is 0 Å². The summed E-state index contributed by atoms with van der Waals surface area (Å²) in [5.41, 5.74) is 8.99. The molecule has 0 aliphatic carbocycles. The molecular weight excluding hydrogens is 248 g/mol. The molecule has 0 fully saturated rings. The molecular formula is C17H20N2O. The van der Waals surface area contributed by atoms with Crippen molar-refractivity contribution in [1.29, 1.82) is 0 Å². The number of amides is 1. The standard InChI is InChI=1S/C17H20N2O/c1-2-3-4-13-5-7-14(8-6-13)17(20)19-16-11-9-15(18)10-12-16/h5-12H,2-4,18H2,1H3,(H,19,20). The Balaban J connectivity index is 2.00. The molecule has 1 amide bonds. The van der Waals surface area contributed by atoms with Gasteiger partial charge in [0.15, 0.2) is 0 Å². The summed E-state index contributed by atoms with van der Waals surface area (Å²) in [6.07, 6.45) is 3.42. The number of carbonyl (C=O) groups is 1. The van der Waals surface area contributed by atoms with Crippen LogP contribution in [0.3, 0.4) is 0 Å². The third-order valence-corrected chi connectivity index (χ3v) is 3.20. The molecule has 3 N–H and O–H groups in total. The molecule has 2 rings (SSSR count). The number of nitrogen functional groups attached to an aromatic ring is 1. The fourth-order valence-corrected chi connectivity index (χ4v) is 1.97. The minimum atomic E-state index is -0.100. The van der Waals surface area contributed by atoms with Crippen molar-refractivity contribution in [2.24, 2.45) is 0 Å². The molecule has 0 saturated heterocycles. The van der Waals surface area contributed by atoms with Gasteiger partial charge >= 0.3 is 0 Å². The highest BCUT2D eigenvalue weighted by molar-refractivity contribution is 6.04. The predicted molar refractivity (Wildman–Crippen MR) is 83.9 cm³/mol. The van der Waals surface area contributed by atoms with Crippen LogP contribution in [0.2, 0.25) is 0 Å². The van der Waals surface area contributed by atoms with Gasteiger partial charge in [0, 0.05) is 16.9 Å². The number of hydrogen-bond acceptors (Lipinski definition) is 2. The lowest BCUT2D eigenvalue weighted by atomic mass is 10.1. The van der Waals surface area contributed by atoms with Crippen LogP contribution in [0.1, 0.15) is 35.7 Å². The Bertz CT molecular complexity index is 559. The zero-order valence-electron chi connectivity index (χ0n) is 11.7. The third-order valence-electron chi connectivity index (χ3n) is 3.20. The van der Waals surface area contributed by atoms with Gasteiger partial charge in [0.05, 0.1) is 0 Å². The molecule has 0 aromatic heterocycles. The number of unbranched alkanes of at least 4 members (excludes halogenated alkanes) is 1. The minimum absolute atomic E-state index is 0.100. The Kier molecular flexibility index (Phi) is 4.77. The number of benzene rings is 2. The van der Waals surface area contributed by atoms with Crippen LogP contribution >= 0.6 is 0 Å². The molecule has 0 heterocycles. The van der Waals surface area contributed by atoms with Crippen LogP contribution in [-0.2, 0) is 6.42 Å². The Hall–Kier alpha value is -2.29. The molecule has 0 radical (unpaired) electrons. The van der Waals surface area contributed by atoms with E-state index in [-0.39, 0.29) is 5.91 Å². The maximum atomic E-state index is 12.1. The highest BCUT2D eigenvalue weighted by Gasteiger charge is 2.05. The largest absolute Gasteiger partial charge is 0.399 e. The van der Waals surface area contributed by atoms with Gasteiger partial charge < -0.3 is 11.1 Å². The van der Waals surface area contributed by atoms with Crippen molar-refractivity contribution in [2.75, 3.05) is 11.1 Å². The molecule has 3 heteroatoms. The zero-order valence-corrected chi connectivity index (χ0v) is 11.7. The molecule has 0 unspecified atom stereocenters. The topological polar surface area (TPSA) is 55.1 Å². The molecule has 0 spiro atoms. The van der Waals surface area contributed by atoms with Crippen molar-refractivity contribution in [1.82, 2.24) is 0 Å². The Labute approximate surface area is 119 Å². The summed E-state index contributed by atoms with van der Waals surface area (Å²) >= 11 is 0. The molecule has 104 valence electrons. The summed E-state index contributed by atoms with van der Waals surface area (Å²) in [6.45, 7) is 2.18. The van der Waals surface area contributed by atoms with Crippen LogP contribution in [-0.4, -0.2) is 5.91 Å². The lowest BCUT2D eigenvalue weighted by Crippen LogP contribution is -2.11. The van der Waals surface area contributed by atoms with Crippen molar-refractivity contribution in [2.45, 2.75) is 26.2 Å². The summed E-state index contributed by atoms with van der Waals surface area (Å²) in [7, 11) is 0. The monoisotopic (exact) mass is 268 g/mol. The molecule has 0 bridgehead atoms. The van der Waals surface area contributed by atoms with Gasteiger partial charge in [-0.05, 0) is 54.8 Å². The van der Waals surface area contributed by atoms with E-state index in [4.69, 9.17) is 5.73 Å². The molecule has 0 saturated carbocycles. The highest BCUT2D eigenvalue weighted by Crippen LogP contribution is 2.13. The average Bonchev–Trinajstić information content (AvgIpc) is 2.48. The van der Waals surface area contributed by atoms with Gasteiger partial charge in [-0.2, -0.15) is 0 Å². The van der Waals surface area contributed by atoms with Crippen LogP contribution in [0.4, 0.5) is 11.4 Å². The molecule has 2 aromatic rings. The SMILES string of the molecule is CCCCc1ccc(C(=O)Nc2ccc(N)cc2)cc1. The summed E-state index contributed by atoms with van der Waals surface area (Å²) in [5, 5.41) is 2.85. The van der Waals surface area contributed by atoms with E-state index < -0.39 is 0 Å². The smallest absolute Gasteiger partial charge is 0.255 e. The fourth-order valence-electron chi connectivity index (χ4n) is 1.97. The number of aryl methyl sites for hydroxylation is 1. The van der Waals surface area contributed by atoms with E-state index in [0.717, 1.165) is 12.1 Å². The summed E-state index contributed by atoms with van der Waals surface area (Å²) in [6, 6.07) is 14.9. The minimum Gasteiger partial charge on any atom is -0.399 e. The lowest BCUT2D eigenvalue weighted by molar-refractivity contribution is 0.102. The third kappa shape index (κ3) is 3.85. The molecule has 0 aliphatic rings. The number of nitrogens with one attached hydrogen (secondary N) is 1. The van der Waals surface area contributed by atoms with E-state index in [1.54, 1.807) is 24.3 Å². The first-order chi connectivity index (χ1) is 9.69. The molecule has 0 aliphatic heterocycles. The van der Waals surface area contributed by atoms with Crippen LogP contribution in [0, 0.1) is 0 Å². The van der Waals surface area contributed by atoms with E-state index >= 15 is 0 Å². The van der Waals surface area contributed by atoms with Gasteiger partial charge in [-0.1, -0.05) is 25.5 Å². The van der Waals surface area contributed by atoms with Crippen LogP contribution in [0.15, 0.2) is 48.5 Å². The highest BCUT2D eigenvalue weighted by atomic mass is 16.1. The fraction of sp³-hybridized carbons (Fsp3) is 0.235. The predicted octanol–water partition coefficient (Wildman–Crippen LogP) is 3.86.